The highest BCUT2D eigenvalue weighted by Crippen LogP contribution is 2.29. The van der Waals surface area contributed by atoms with Crippen LogP contribution in [-0.4, -0.2) is 72.5 Å². The van der Waals surface area contributed by atoms with Crippen molar-refractivity contribution in [3.63, 3.8) is 0 Å². The number of hydrogen-bond donors (Lipinski definition) is 1. The van der Waals surface area contributed by atoms with Gasteiger partial charge in [-0.2, -0.15) is 5.26 Å². The Morgan fingerprint density at radius 3 is 2.43 bits per heavy atom. The van der Waals surface area contributed by atoms with Gasteiger partial charge in [-0.3, -0.25) is 19.4 Å². The molecular formula is C23H31N5O2. The number of nitrogens with one attached hydrogen (secondary N) is 1. The summed E-state index contributed by atoms with van der Waals surface area (Å²) in [6.07, 6.45) is 5.41. The van der Waals surface area contributed by atoms with Crippen LogP contribution in [0.4, 0.5) is 5.69 Å². The Morgan fingerprint density at radius 1 is 1.07 bits per heavy atom. The molecule has 0 unspecified atom stereocenters. The van der Waals surface area contributed by atoms with Crippen LogP contribution in [0.5, 0.6) is 0 Å². The molecule has 3 aliphatic rings. The van der Waals surface area contributed by atoms with E-state index in [0.29, 0.717) is 6.54 Å². The summed E-state index contributed by atoms with van der Waals surface area (Å²) in [7, 11) is 0. The molecule has 1 aromatic carbocycles. The molecule has 2 amide bonds. The summed E-state index contributed by atoms with van der Waals surface area (Å²) in [5.41, 5.74) is 0.315. The molecule has 30 heavy (non-hydrogen) atoms. The molecular weight excluding hydrogens is 378 g/mol. The highest BCUT2D eigenvalue weighted by molar-refractivity contribution is 5.97. The Kier molecular flexibility index (Phi) is 6.35. The molecule has 2 aliphatic heterocycles. The van der Waals surface area contributed by atoms with Gasteiger partial charge in [-0.05, 0) is 50.7 Å². The minimum atomic E-state index is -0.658. The normalized spacial score (nSPS) is 25.1. The third-order valence-corrected chi connectivity index (χ3v) is 6.74. The number of nitrogens with zero attached hydrogens (tertiary/aromatic N) is 4. The number of carbonyl (C=O) groups is 2. The van der Waals surface area contributed by atoms with Crippen molar-refractivity contribution in [2.24, 2.45) is 0 Å². The lowest BCUT2D eigenvalue weighted by Gasteiger charge is -2.42. The van der Waals surface area contributed by atoms with E-state index >= 15 is 0 Å². The van der Waals surface area contributed by atoms with Crippen molar-refractivity contribution >= 4 is 17.5 Å². The first-order chi connectivity index (χ1) is 14.6. The monoisotopic (exact) mass is 409 g/mol. The molecule has 1 aliphatic carbocycles. The fraction of sp³-hybridized carbons (Fsp3) is 0.609. The van der Waals surface area contributed by atoms with Crippen LogP contribution in [0.15, 0.2) is 30.3 Å². The lowest BCUT2D eigenvalue weighted by molar-refractivity contribution is -0.128. The van der Waals surface area contributed by atoms with Gasteiger partial charge in [0, 0.05) is 38.4 Å². The van der Waals surface area contributed by atoms with E-state index in [1.165, 1.54) is 0 Å². The Hall–Kier alpha value is -2.43. The Balaban J connectivity index is 1.28. The van der Waals surface area contributed by atoms with Crippen molar-refractivity contribution in [1.82, 2.24) is 15.1 Å². The van der Waals surface area contributed by atoms with Gasteiger partial charge in [-0.25, -0.2) is 0 Å². The summed E-state index contributed by atoms with van der Waals surface area (Å²) in [6.45, 7) is 4.21. The van der Waals surface area contributed by atoms with E-state index < -0.39 is 5.54 Å². The number of hydrogen-bond acceptors (Lipinski definition) is 5. The van der Waals surface area contributed by atoms with Gasteiger partial charge in [0.1, 0.15) is 5.54 Å². The van der Waals surface area contributed by atoms with Crippen molar-refractivity contribution in [2.75, 3.05) is 44.2 Å². The van der Waals surface area contributed by atoms with Crippen LogP contribution in [0.25, 0.3) is 0 Å². The van der Waals surface area contributed by atoms with Crippen molar-refractivity contribution in [1.29, 1.82) is 5.26 Å². The number of para-hydroxylation sites is 1. The van der Waals surface area contributed by atoms with Crippen LogP contribution in [-0.2, 0) is 9.59 Å². The first-order valence-electron chi connectivity index (χ1n) is 11.2. The van der Waals surface area contributed by atoms with E-state index in [1.807, 2.05) is 35.2 Å². The molecule has 0 bridgehead atoms. The van der Waals surface area contributed by atoms with Crippen molar-refractivity contribution in [3.8, 4) is 6.07 Å². The smallest absolute Gasteiger partial charge is 0.244 e. The second kappa shape index (κ2) is 9.15. The number of carbonyl (C=O) groups excluding carboxylic acids is 2. The van der Waals surface area contributed by atoms with Crippen LogP contribution >= 0.6 is 0 Å². The molecule has 7 nitrogen and oxygen atoms in total. The van der Waals surface area contributed by atoms with E-state index in [2.05, 4.69) is 21.2 Å². The van der Waals surface area contributed by atoms with E-state index in [9.17, 15) is 14.9 Å². The average Bonchev–Trinajstić information content (AvgIpc) is 3.24. The van der Waals surface area contributed by atoms with Crippen LogP contribution in [0.1, 0.15) is 38.5 Å². The molecule has 1 aromatic rings. The predicted molar refractivity (Wildman–Crippen MR) is 115 cm³/mol. The largest absolute Gasteiger partial charge is 0.337 e. The first kappa shape index (κ1) is 20.8. The highest BCUT2D eigenvalue weighted by Gasteiger charge is 2.37. The molecule has 4 rings (SSSR count). The summed E-state index contributed by atoms with van der Waals surface area (Å²) < 4.78 is 0. The molecule has 3 fully saturated rings. The van der Waals surface area contributed by atoms with Gasteiger partial charge in [-0.15, -0.1) is 0 Å². The minimum absolute atomic E-state index is 0.0594. The van der Waals surface area contributed by atoms with Gasteiger partial charge >= 0.3 is 0 Å². The molecule has 7 heteroatoms. The molecule has 1 N–H and O–H groups in total. The number of benzene rings is 1. The standard InChI is InChI=1S/C23H31N5O2/c24-18-23(10-4-5-11-23)25-21(29)17-26-13-15-27(16-14-26)20-9-6-12-28(22(20)30)19-7-2-1-3-8-19/h1-3,7-8,20H,4-6,9-17H2,(H,25,29)/t20-/m0/s1. The summed E-state index contributed by atoms with van der Waals surface area (Å²) in [5.74, 6) is 0.131. The zero-order valence-electron chi connectivity index (χ0n) is 17.6. The van der Waals surface area contributed by atoms with Crippen LogP contribution in [0.2, 0.25) is 0 Å². The lowest BCUT2D eigenvalue weighted by Crippen LogP contribution is -2.59. The predicted octanol–water partition coefficient (Wildman–Crippen LogP) is 1.75. The Labute approximate surface area is 178 Å². The summed E-state index contributed by atoms with van der Waals surface area (Å²) in [4.78, 5) is 31.9. The van der Waals surface area contributed by atoms with Gasteiger partial charge in [0.2, 0.25) is 11.8 Å². The lowest BCUT2D eigenvalue weighted by atomic mass is 10.00. The molecule has 0 spiro atoms. The maximum atomic E-state index is 13.1. The molecule has 2 heterocycles. The van der Waals surface area contributed by atoms with Gasteiger partial charge in [-0.1, -0.05) is 18.2 Å². The number of anilines is 1. The molecule has 0 radical (unpaired) electrons. The summed E-state index contributed by atoms with van der Waals surface area (Å²) >= 11 is 0. The van der Waals surface area contributed by atoms with Crippen LogP contribution < -0.4 is 10.2 Å². The zero-order chi connectivity index (χ0) is 21.0. The van der Waals surface area contributed by atoms with Crippen molar-refractivity contribution in [2.45, 2.75) is 50.1 Å². The molecule has 160 valence electrons. The van der Waals surface area contributed by atoms with E-state index in [0.717, 1.165) is 76.9 Å². The maximum Gasteiger partial charge on any atom is 0.244 e. The van der Waals surface area contributed by atoms with Gasteiger partial charge < -0.3 is 10.2 Å². The fourth-order valence-electron chi connectivity index (χ4n) is 5.05. The van der Waals surface area contributed by atoms with Crippen LogP contribution in [0, 0.1) is 11.3 Å². The summed E-state index contributed by atoms with van der Waals surface area (Å²) in [5, 5.41) is 12.4. The quantitative estimate of drug-likeness (QED) is 0.802. The van der Waals surface area contributed by atoms with Crippen molar-refractivity contribution in [3.05, 3.63) is 30.3 Å². The third-order valence-electron chi connectivity index (χ3n) is 6.74. The molecule has 0 aromatic heterocycles. The first-order valence-corrected chi connectivity index (χ1v) is 11.2. The average molecular weight is 410 g/mol. The molecule has 1 atom stereocenters. The number of amides is 2. The molecule has 2 saturated heterocycles. The maximum absolute atomic E-state index is 13.1. The van der Waals surface area contributed by atoms with Gasteiger partial charge in [0.15, 0.2) is 0 Å². The second-order valence-corrected chi connectivity index (χ2v) is 8.74. The number of piperidine rings is 1. The van der Waals surface area contributed by atoms with Gasteiger partial charge in [0.25, 0.3) is 0 Å². The fourth-order valence-corrected chi connectivity index (χ4v) is 5.05. The summed E-state index contributed by atoms with van der Waals surface area (Å²) in [6, 6.07) is 12.1. The van der Waals surface area contributed by atoms with E-state index in [1.54, 1.807) is 0 Å². The Bertz CT molecular complexity index is 792. The highest BCUT2D eigenvalue weighted by atomic mass is 16.2. The van der Waals surface area contributed by atoms with Crippen LogP contribution in [0.3, 0.4) is 0 Å². The number of rotatable bonds is 5. The van der Waals surface area contributed by atoms with Gasteiger partial charge in [0.05, 0.1) is 18.7 Å². The van der Waals surface area contributed by atoms with E-state index in [4.69, 9.17) is 0 Å². The second-order valence-electron chi connectivity index (χ2n) is 8.74. The Morgan fingerprint density at radius 2 is 1.77 bits per heavy atom. The topological polar surface area (TPSA) is 79.7 Å². The molecule has 1 saturated carbocycles. The SMILES string of the molecule is N#CC1(NC(=O)CN2CCN([C@H]3CCCN(c4ccccc4)C3=O)CC2)CCCC1. The zero-order valence-corrected chi connectivity index (χ0v) is 17.6. The van der Waals surface area contributed by atoms with Crippen molar-refractivity contribution < 1.29 is 9.59 Å². The number of nitriles is 1. The number of piperazine rings is 1. The third kappa shape index (κ3) is 4.50. The van der Waals surface area contributed by atoms with E-state index in [-0.39, 0.29) is 17.9 Å². The minimum Gasteiger partial charge on any atom is -0.337 e.